The van der Waals surface area contributed by atoms with Crippen LogP contribution in [-0.4, -0.2) is 82.9 Å². The second-order valence-electron chi connectivity index (χ2n) is 12.3. The van der Waals surface area contributed by atoms with Gasteiger partial charge in [0.25, 0.3) is 5.91 Å². The number of carbonyl (C=O) groups is 4. The van der Waals surface area contributed by atoms with Crippen molar-refractivity contribution in [2.75, 3.05) is 32.7 Å². The molecule has 1 atom stereocenters. The van der Waals surface area contributed by atoms with Gasteiger partial charge in [0.1, 0.15) is 11.6 Å². The summed E-state index contributed by atoms with van der Waals surface area (Å²) >= 11 is 0. The number of hydrogen-bond acceptors (Lipinski definition) is 6. The summed E-state index contributed by atoms with van der Waals surface area (Å²) in [6.45, 7) is 10.8. The lowest BCUT2D eigenvalue weighted by Crippen LogP contribution is -2.52. The third kappa shape index (κ3) is 5.87. The predicted octanol–water partition coefficient (Wildman–Crippen LogP) is 3.27. The van der Waals surface area contributed by atoms with E-state index in [-0.39, 0.29) is 30.2 Å². The molecule has 5 rings (SSSR count). The molecule has 0 saturated carbocycles. The van der Waals surface area contributed by atoms with Crippen LogP contribution in [-0.2, 0) is 20.9 Å². The molecule has 4 aliphatic rings. The van der Waals surface area contributed by atoms with Crippen LogP contribution in [0.5, 0.6) is 0 Å². The third-order valence-corrected chi connectivity index (χ3v) is 8.39. The van der Waals surface area contributed by atoms with Crippen molar-refractivity contribution in [1.29, 1.82) is 0 Å². The lowest BCUT2D eigenvalue weighted by Gasteiger charge is -2.38. The highest BCUT2D eigenvalue weighted by Gasteiger charge is 2.39. The first-order chi connectivity index (χ1) is 18.1. The average molecular weight is 525 g/mol. The van der Waals surface area contributed by atoms with Crippen LogP contribution < -0.4 is 5.32 Å². The predicted molar refractivity (Wildman–Crippen MR) is 141 cm³/mol. The Morgan fingerprint density at radius 1 is 1.00 bits per heavy atom. The van der Waals surface area contributed by atoms with E-state index >= 15 is 0 Å². The SMILES string of the molecule is CC(C)(C)OC(=O)N1CCC(CN2CCC(c3ccc4c(c3)CN(C3CCC(=O)NC3=O)C4=O)CC2)CC1. The van der Waals surface area contributed by atoms with Crippen molar-refractivity contribution < 1.29 is 23.9 Å². The van der Waals surface area contributed by atoms with Crippen molar-refractivity contribution in [2.45, 2.75) is 83.4 Å². The Kier molecular flexibility index (Phi) is 7.49. The maximum absolute atomic E-state index is 13.0. The van der Waals surface area contributed by atoms with Gasteiger partial charge in [0.05, 0.1) is 0 Å². The van der Waals surface area contributed by atoms with Gasteiger partial charge in [0.2, 0.25) is 11.8 Å². The van der Waals surface area contributed by atoms with Crippen molar-refractivity contribution >= 4 is 23.8 Å². The number of amides is 4. The van der Waals surface area contributed by atoms with Crippen LogP contribution in [0.3, 0.4) is 0 Å². The molecule has 4 aliphatic heterocycles. The van der Waals surface area contributed by atoms with E-state index in [1.807, 2.05) is 31.7 Å². The van der Waals surface area contributed by atoms with Crippen molar-refractivity contribution in [3.63, 3.8) is 0 Å². The Morgan fingerprint density at radius 2 is 1.71 bits per heavy atom. The van der Waals surface area contributed by atoms with Crippen LogP contribution >= 0.6 is 0 Å². The molecular formula is C29H40N4O5. The lowest BCUT2D eigenvalue weighted by molar-refractivity contribution is -0.136. The fourth-order valence-corrected chi connectivity index (χ4v) is 6.29. The first-order valence-electron chi connectivity index (χ1n) is 14.0. The van der Waals surface area contributed by atoms with E-state index in [1.165, 1.54) is 5.56 Å². The van der Waals surface area contributed by atoms with E-state index in [4.69, 9.17) is 4.74 Å². The molecule has 1 aromatic carbocycles. The summed E-state index contributed by atoms with van der Waals surface area (Å²) in [6.07, 6.45) is 4.65. The van der Waals surface area contributed by atoms with E-state index in [2.05, 4.69) is 22.3 Å². The van der Waals surface area contributed by atoms with Crippen LogP contribution in [0, 0.1) is 5.92 Å². The Labute approximate surface area is 224 Å². The number of imide groups is 1. The normalized spacial score (nSPS) is 24.0. The van der Waals surface area contributed by atoms with Gasteiger partial charge in [0.15, 0.2) is 0 Å². The monoisotopic (exact) mass is 524 g/mol. The minimum Gasteiger partial charge on any atom is -0.444 e. The van der Waals surface area contributed by atoms with Crippen LogP contribution in [0.2, 0.25) is 0 Å². The zero-order valence-corrected chi connectivity index (χ0v) is 22.8. The molecule has 4 amide bonds. The van der Waals surface area contributed by atoms with Crippen molar-refractivity contribution in [3.8, 4) is 0 Å². The molecule has 0 radical (unpaired) electrons. The van der Waals surface area contributed by atoms with E-state index in [0.717, 1.165) is 64.0 Å². The highest BCUT2D eigenvalue weighted by Crippen LogP contribution is 2.34. The Bertz CT molecular complexity index is 1100. The summed E-state index contributed by atoms with van der Waals surface area (Å²) in [4.78, 5) is 55.2. The topological polar surface area (TPSA) is 99.3 Å². The second kappa shape index (κ2) is 10.7. The molecule has 3 saturated heterocycles. The molecule has 3 fully saturated rings. The van der Waals surface area contributed by atoms with Crippen molar-refractivity contribution in [3.05, 3.63) is 34.9 Å². The van der Waals surface area contributed by atoms with Gasteiger partial charge in [-0.25, -0.2) is 4.79 Å². The van der Waals surface area contributed by atoms with Crippen molar-refractivity contribution in [1.82, 2.24) is 20.0 Å². The minimum atomic E-state index is -0.574. The number of carbonyl (C=O) groups excluding carboxylic acids is 4. The van der Waals surface area contributed by atoms with Gasteiger partial charge >= 0.3 is 6.09 Å². The molecular weight excluding hydrogens is 484 g/mol. The highest BCUT2D eigenvalue weighted by molar-refractivity contribution is 6.05. The molecule has 206 valence electrons. The third-order valence-electron chi connectivity index (χ3n) is 8.39. The Morgan fingerprint density at radius 3 is 2.37 bits per heavy atom. The van der Waals surface area contributed by atoms with Crippen LogP contribution in [0.1, 0.15) is 86.7 Å². The molecule has 1 aromatic rings. The van der Waals surface area contributed by atoms with Gasteiger partial charge < -0.3 is 19.4 Å². The standard InChI is InChI=1S/C29H40N4O5/c1-29(2,3)38-28(37)32-14-8-19(9-15-32)17-31-12-10-20(11-13-31)21-4-5-23-22(16-21)18-33(27(23)36)24-6-7-25(34)30-26(24)35/h4-5,16,19-20,24H,6-15,17-18H2,1-3H3,(H,30,34,35). The maximum atomic E-state index is 13.0. The summed E-state index contributed by atoms with van der Waals surface area (Å²) in [6, 6.07) is 5.59. The molecule has 9 heteroatoms. The molecule has 0 bridgehead atoms. The molecule has 9 nitrogen and oxygen atoms in total. The first-order valence-corrected chi connectivity index (χ1v) is 14.0. The Balaban J connectivity index is 1.10. The molecule has 0 spiro atoms. The molecule has 1 unspecified atom stereocenters. The lowest BCUT2D eigenvalue weighted by atomic mass is 9.87. The van der Waals surface area contributed by atoms with E-state index < -0.39 is 11.6 Å². The smallest absolute Gasteiger partial charge is 0.410 e. The van der Waals surface area contributed by atoms with Gasteiger partial charge in [0, 0.05) is 38.2 Å². The molecule has 4 heterocycles. The largest absolute Gasteiger partial charge is 0.444 e. The molecule has 38 heavy (non-hydrogen) atoms. The summed E-state index contributed by atoms with van der Waals surface area (Å²) < 4.78 is 5.52. The minimum absolute atomic E-state index is 0.117. The number of likely N-dealkylation sites (tertiary alicyclic amines) is 2. The number of benzene rings is 1. The number of fused-ring (bicyclic) bond motifs is 1. The highest BCUT2D eigenvalue weighted by atomic mass is 16.6. The fourth-order valence-electron chi connectivity index (χ4n) is 6.29. The van der Waals surface area contributed by atoms with Crippen LogP contribution in [0.15, 0.2) is 18.2 Å². The van der Waals surface area contributed by atoms with Gasteiger partial charge in [-0.3, -0.25) is 19.7 Å². The maximum Gasteiger partial charge on any atom is 0.410 e. The zero-order valence-electron chi connectivity index (χ0n) is 22.8. The number of piperidine rings is 3. The second-order valence-corrected chi connectivity index (χ2v) is 12.3. The van der Waals surface area contributed by atoms with Crippen molar-refractivity contribution in [2.24, 2.45) is 5.92 Å². The molecule has 0 aliphatic carbocycles. The Hall–Kier alpha value is -2.94. The van der Waals surface area contributed by atoms with Crippen LogP contribution in [0.25, 0.3) is 0 Å². The summed E-state index contributed by atoms with van der Waals surface area (Å²) in [5.74, 6) is 0.314. The number of nitrogens with zero attached hydrogens (tertiary/aromatic N) is 3. The van der Waals surface area contributed by atoms with Crippen LogP contribution in [0.4, 0.5) is 4.79 Å². The molecule has 0 aromatic heterocycles. The average Bonchev–Trinajstić information content (AvgIpc) is 3.19. The van der Waals surface area contributed by atoms with Gasteiger partial charge in [-0.1, -0.05) is 12.1 Å². The zero-order chi connectivity index (χ0) is 27.0. The van der Waals surface area contributed by atoms with E-state index in [1.54, 1.807) is 4.90 Å². The van der Waals surface area contributed by atoms with Gasteiger partial charge in [-0.05, 0) is 95.0 Å². The van der Waals surface area contributed by atoms with Gasteiger partial charge in [-0.15, -0.1) is 0 Å². The fraction of sp³-hybridized carbons (Fsp3) is 0.655. The van der Waals surface area contributed by atoms with E-state index in [9.17, 15) is 19.2 Å². The van der Waals surface area contributed by atoms with Gasteiger partial charge in [-0.2, -0.15) is 0 Å². The number of rotatable bonds is 4. The summed E-state index contributed by atoms with van der Waals surface area (Å²) in [5.41, 5.74) is 2.47. The quantitative estimate of drug-likeness (QED) is 0.607. The number of hydrogen-bond donors (Lipinski definition) is 1. The number of ether oxygens (including phenoxy) is 1. The van der Waals surface area contributed by atoms with E-state index in [0.29, 0.717) is 30.4 Å². The molecule has 1 N–H and O–H groups in total. The number of nitrogens with one attached hydrogen (secondary N) is 1. The summed E-state index contributed by atoms with van der Waals surface area (Å²) in [5, 5.41) is 2.37. The first kappa shape index (κ1) is 26.7. The summed E-state index contributed by atoms with van der Waals surface area (Å²) in [7, 11) is 0.